The Kier molecular flexibility index (Phi) is 6.17. The van der Waals surface area contributed by atoms with E-state index in [1.54, 1.807) is 20.8 Å². The predicted molar refractivity (Wildman–Crippen MR) is 101 cm³/mol. The maximum atomic E-state index is 12.7. The van der Waals surface area contributed by atoms with Gasteiger partial charge in [-0.1, -0.05) is 34.1 Å². The van der Waals surface area contributed by atoms with Crippen LogP contribution < -0.4 is 4.72 Å². The summed E-state index contributed by atoms with van der Waals surface area (Å²) in [6, 6.07) is 7.17. The summed E-state index contributed by atoms with van der Waals surface area (Å²) in [5.74, 6) is 0.0337. The van der Waals surface area contributed by atoms with Gasteiger partial charge in [-0.3, -0.25) is 0 Å². The summed E-state index contributed by atoms with van der Waals surface area (Å²) in [5.41, 5.74) is 0.879. The number of hydrogen-bond donors (Lipinski definition) is 2. The third kappa shape index (κ3) is 4.74. The fourth-order valence-electron chi connectivity index (χ4n) is 2.91. The van der Waals surface area contributed by atoms with Gasteiger partial charge in [0.2, 0.25) is 10.0 Å². The van der Waals surface area contributed by atoms with Crippen molar-refractivity contribution in [1.29, 1.82) is 0 Å². The Morgan fingerprint density at radius 3 is 2.32 bits per heavy atom. The molecular weight excluding hydrogens is 408 g/mol. The van der Waals surface area contributed by atoms with Gasteiger partial charge in [0.25, 0.3) is 0 Å². The minimum Gasteiger partial charge on any atom is -0.465 e. The SMILES string of the molecule is CC(C)(C)S(=O)(=O)N[C@@H](c1ccccc1Br)C1CCN(C(=O)O)CC1. The van der Waals surface area contributed by atoms with Gasteiger partial charge in [-0.15, -0.1) is 0 Å². The molecule has 0 radical (unpaired) electrons. The second-order valence-corrected chi connectivity index (χ2v) is 10.7. The second-order valence-electron chi connectivity index (χ2n) is 7.34. The molecule has 1 atom stereocenters. The van der Waals surface area contributed by atoms with Crippen LogP contribution in [0.2, 0.25) is 0 Å². The largest absolute Gasteiger partial charge is 0.465 e. The van der Waals surface area contributed by atoms with Crippen molar-refractivity contribution in [2.24, 2.45) is 5.92 Å². The Morgan fingerprint density at radius 1 is 1.28 bits per heavy atom. The zero-order valence-electron chi connectivity index (χ0n) is 14.7. The van der Waals surface area contributed by atoms with Crippen LogP contribution in [0.3, 0.4) is 0 Å². The molecule has 0 unspecified atom stereocenters. The van der Waals surface area contributed by atoms with Gasteiger partial charge >= 0.3 is 6.09 Å². The molecule has 25 heavy (non-hydrogen) atoms. The van der Waals surface area contributed by atoms with E-state index < -0.39 is 26.9 Å². The van der Waals surface area contributed by atoms with Gasteiger partial charge in [-0.2, -0.15) is 0 Å². The molecule has 0 bridgehead atoms. The van der Waals surface area contributed by atoms with E-state index in [4.69, 9.17) is 5.11 Å². The Hall–Kier alpha value is -1.12. The lowest BCUT2D eigenvalue weighted by molar-refractivity contribution is 0.118. The molecule has 1 aromatic carbocycles. The number of nitrogens with zero attached hydrogens (tertiary/aromatic N) is 1. The lowest BCUT2D eigenvalue weighted by Crippen LogP contribution is -2.46. The molecule has 0 aromatic heterocycles. The molecule has 1 fully saturated rings. The molecule has 0 spiro atoms. The molecule has 1 heterocycles. The highest BCUT2D eigenvalue weighted by molar-refractivity contribution is 9.10. The van der Waals surface area contributed by atoms with Gasteiger partial charge in [0, 0.05) is 17.6 Å². The van der Waals surface area contributed by atoms with Crippen LogP contribution in [0.5, 0.6) is 0 Å². The number of nitrogens with one attached hydrogen (secondary N) is 1. The zero-order chi connectivity index (χ0) is 18.8. The Balaban J connectivity index is 2.31. The number of hydrogen-bond acceptors (Lipinski definition) is 3. The van der Waals surface area contributed by atoms with E-state index in [2.05, 4.69) is 20.7 Å². The number of amides is 1. The summed E-state index contributed by atoms with van der Waals surface area (Å²) in [6.45, 7) is 5.83. The van der Waals surface area contributed by atoms with Crippen molar-refractivity contribution < 1.29 is 18.3 Å². The number of carbonyl (C=O) groups is 1. The van der Waals surface area contributed by atoms with E-state index in [1.165, 1.54) is 4.90 Å². The highest BCUT2D eigenvalue weighted by Gasteiger charge is 2.37. The predicted octanol–water partition coefficient (Wildman–Crippen LogP) is 3.60. The first-order chi connectivity index (χ1) is 11.5. The van der Waals surface area contributed by atoms with E-state index >= 15 is 0 Å². The normalized spacial score (nSPS) is 18.2. The second kappa shape index (κ2) is 7.63. The zero-order valence-corrected chi connectivity index (χ0v) is 17.1. The molecule has 1 aromatic rings. The molecule has 140 valence electrons. The van der Waals surface area contributed by atoms with Crippen molar-refractivity contribution in [3.63, 3.8) is 0 Å². The van der Waals surface area contributed by atoms with Crippen LogP contribution in [-0.4, -0.2) is 42.4 Å². The van der Waals surface area contributed by atoms with Gasteiger partial charge in [0.1, 0.15) is 0 Å². The fraction of sp³-hybridized carbons (Fsp3) is 0.588. The maximum Gasteiger partial charge on any atom is 0.407 e. The first kappa shape index (κ1) is 20.2. The van der Waals surface area contributed by atoms with Crippen molar-refractivity contribution >= 4 is 32.0 Å². The van der Waals surface area contributed by atoms with Crippen LogP contribution in [0.15, 0.2) is 28.7 Å². The number of sulfonamides is 1. The van der Waals surface area contributed by atoms with Crippen molar-refractivity contribution in [3.05, 3.63) is 34.3 Å². The topological polar surface area (TPSA) is 86.7 Å². The molecule has 6 nitrogen and oxygen atoms in total. The molecule has 0 saturated carbocycles. The number of carboxylic acid groups (broad SMARTS) is 1. The minimum atomic E-state index is -3.54. The summed E-state index contributed by atoms with van der Waals surface area (Å²) >= 11 is 3.52. The molecule has 8 heteroatoms. The molecule has 1 aliphatic heterocycles. The lowest BCUT2D eigenvalue weighted by atomic mass is 9.86. The molecule has 2 rings (SSSR count). The van der Waals surface area contributed by atoms with Crippen molar-refractivity contribution in [2.75, 3.05) is 13.1 Å². The van der Waals surface area contributed by atoms with Crippen LogP contribution in [0.25, 0.3) is 0 Å². The first-order valence-corrected chi connectivity index (χ1v) is 10.5. The number of rotatable bonds is 4. The molecule has 1 amide bonds. The first-order valence-electron chi connectivity index (χ1n) is 8.27. The summed E-state index contributed by atoms with van der Waals surface area (Å²) in [6.07, 6.45) is 0.307. The average Bonchev–Trinajstić information content (AvgIpc) is 2.52. The van der Waals surface area contributed by atoms with Gasteiger partial charge in [0.05, 0.1) is 10.8 Å². The van der Waals surface area contributed by atoms with Gasteiger partial charge in [0.15, 0.2) is 0 Å². The quantitative estimate of drug-likeness (QED) is 0.760. The molecule has 0 aliphatic carbocycles. The summed E-state index contributed by atoms with van der Waals surface area (Å²) in [7, 11) is -3.54. The lowest BCUT2D eigenvalue weighted by Gasteiger charge is -2.36. The smallest absolute Gasteiger partial charge is 0.407 e. The van der Waals surface area contributed by atoms with E-state index in [-0.39, 0.29) is 5.92 Å². The van der Waals surface area contributed by atoms with Crippen LogP contribution in [0.1, 0.15) is 45.2 Å². The van der Waals surface area contributed by atoms with E-state index in [9.17, 15) is 13.2 Å². The molecular formula is C17H25BrN2O4S. The maximum absolute atomic E-state index is 12.7. The highest BCUT2D eigenvalue weighted by Crippen LogP contribution is 2.36. The summed E-state index contributed by atoms with van der Waals surface area (Å²) < 4.78 is 28.3. The van der Waals surface area contributed by atoms with Crippen molar-refractivity contribution in [1.82, 2.24) is 9.62 Å². The molecule has 1 saturated heterocycles. The number of piperidine rings is 1. The van der Waals surface area contributed by atoms with Gasteiger partial charge < -0.3 is 10.0 Å². The monoisotopic (exact) mass is 432 g/mol. The number of benzene rings is 1. The Morgan fingerprint density at radius 2 is 1.84 bits per heavy atom. The van der Waals surface area contributed by atoms with Crippen LogP contribution in [0.4, 0.5) is 4.79 Å². The van der Waals surface area contributed by atoms with Crippen molar-refractivity contribution in [3.8, 4) is 0 Å². The number of likely N-dealkylation sites (tertiary alicyclic amines) is 1. The van der Waals surface area contributed by atoms with Gasteiger partial charge in [-0.05, 0) is 51.2 Å². The van der Waals surface area contributed by atoms with Crippen molar-refractivity contribution in [2.45, 2.75) is 44.4 Å². The minimum absolute atomic E-state index is 0.0337. The average molecular weight is 433 g/mol. The van der Waals surface area contributed by atoms with Gasteiger partial charge in [-0.25, -0.2) is 17.9 Å². The third-order valence-electron chi connectivity index (χ3n) is 4.61. The standard InChI is InChI=1S/C17H25BrN2O4S/c1-17(2,3)25(23,24)19-15(13-6-4-5-7-14(13)18)12-8-10-20(11-9-12)16(21)22/h4-7,12,15,19H,8-11H2,1-3H3,(H,21,22)/t15-/m1/s1. The fourth-order valence-corrected chi connectivity index (χ4v) is 4.45. The summed E-state index contributed by atoms with van der Waals surface area (Å²) in [5, 5.41) is 9.12. The molecule has 2 N–H and O–H groups in total. The third-order valence-corrected chi connectivity index (χ3v) is 7.51. The molecule has 1 aliphatic rings. The highest BCUT2D eigenvalue weighted by atomic mass is 79.9. The Labute approximate surface area is 157 Å². The van der Waals surface area contributed by atoms with Crippen LogP contribution in [-0.2, 0) is 10.0 Å². The van der Waals surface area contributed by atoms with E-state index in [1.807, 2.05) is 24.3 Å². The Bertz CT molecular complexity index is 722. The summed E-state index contributed by atoms with van der Waals surface area (Å²) in [4.78, 5) is 12.5. The number of halogens is 1. The van der Waals surface area contributed by atoms with E-state index in [0.29, 0.717) is 25.9 Å². The van der Waals surface area contributed by atoms with Crippen LogP contribution in [0, 0.1) is 5.92 Å². The van der Waals surface area contributed by atoms with E-state index in [0.717, 1.165) is 10.0 Å². The van der Waals surface area contributed by atoms with Crippen LogP contribution >= 0.6 is 15.9 Å².